The van der Waals surface area contributed by atoms with Crippen LogP contribution in [0.3, 0.4) is 0 Å². The fourth-order valence-electron chi connectivity index (χ4n) is 4.04. The van der Waals surface area contributed by atoms with Crippen molar-refractivity contribution in [1.82, 2.24) is 9.03 Å². The number of hydrogen-bond donors (Lipinski definition) is 3. The molecule has 1 fully saturated rings. The molecule has 9 nitrogen and oxygen atoms in total. The number of piperazine rings is 1. The Morgan fingerprint density at radius 3 is 2.14 bits per heavy atom. The smallest absolute Gasteiger partial charge is 0.321 e. The van der Waals surface area contributed by atoms with Crippen molar-refractivity contribution in [1.29, 1.82) is 0 Å². The fourth-order valence-corrected chi connectivity index (χ4v) is 5.38. The van der Waals surface area contributed by atoms with Crippen molar-refractivity contribution in [3.8, 4) is 11.8 Å². The molecule has 1 saturated heterocycles. The first-order valence-corrected chi connectivity index (χ1v) is 13.2. The average molecular weight is 521 g/mol. The number of nitrogens with one attached hydrogen (secondary N) is 2. The summed E-state index contributed by atoms with van der Waals surface area (Å²) in [5.74, 6) is 5.04. The molecule has 0 saturated carbocycles. The van der Waals surface area contributed by atoms with Crippen molar-refractivity contribution >= 4 is 44.2 Å². The van der Waals surface area contributed by atoms with E-state index in [1.54, 1.807) is 0 Å². The highest BCUT2D eigenvalue weighted by molar-refractivity contribution is 7.87. The Kier molecular flexibility index (Phi) is 7.78. The number of carboxylic acids is 1. The predicted octanol–water partition coefficient (Wildman–Crippen LogP) is 2.63. The second-order valence-corrected chi connectivity index (χ2v) is 10.5. The van der Waals surface area contributed by atoms with Crippen LogP contribution in [0.5, 0.6) is 0 Å². The molecule has 0 aromatic heterocycles. The third-order valence-electron chi connectivity index (χ3n) is 6.02. The van der Waals surface area contributed by atoms with Crippen molar-refractivity contribution in [3.63, 3.8) is 0 Å². The Morgan fingerprint density at radius 2 is 1.49 bits per heavy atom. The van der Waals surface area contributed by atoms with Crippen LogP contribution in [0.1, 0.15) is 25.0 Å². The van der Waals surface area contributed by atoms with Crippen molar-refractivity contribution in [2.24, 2.45) is 0 Å². The van der Waals surface area contributed by atoms with E-state index in [0.29, 0.717) is 13.1 Å². The number of amides is 1. The Balaban J connectivity index is 1.37. The van der Waals surface area contributed by atoms with Gasteiger partial charge < -0.3 is 15.3 Å². The van der Waals surface area contributed by atoms with Gasteiger partial charge >= 0.3 is 5.97 Å². The summed E-state index contributed by atoms with van der Waals surface area (Å²) in [4.78, 5) is 24.3. The van der Waals surface area contributed by atoms with Gasteiger partial charge in [0, 0.05) is 55.6 Å². The van der Waals surface area contributed by atoms with E-state index in [-0.39, 0.29) is 19.0 Å². The molecule has 192 valence electrons. The van der Waals surface area contributed by atoms with Crippen LogP contribution in [0.15, 0.2) is 60.7 Å². The minimum absolute atomic E-state index is 0.108. The molecule has 1 heterocycles. The van der Waals surface area contributed by atoms with E-state index in [4.69, 9.17) is 5.11 Å². The first-order chi connectivity index (χ1) is 17.6. The van der Waals surface area contributed by atoms with E-state index < -0.39 is 22.2 Å². The maximum Gasteiger partial charge on any atom is 0.321 e. The topological polar surface area (TPSA) is 119 Å². The minimum atomic E-state index is -3.85. The number of benzene rings is 3. The number of fused-ring (bicyclic) bond motifs is 1. The second kappa shape index (κ2) is 11.0. The zero-order valence-corrected chi connectivity index (χ0v) is 21.4. The van der Waals surface area contributed by atoms with Gasteiger partial charge in [0.2, 0.25) is 5.91 Å². The highest BCUT2D eigenvalue weighted by Gasteiger charge is 2.29. The van der Waals surface area contributed by atoms with Gasteiger partial charge in [0.15, 0.2) is 0 Å². The lowest BCUT2D eigenvalue weighted by molar-refractivity contribution is -0.138. The molecule has 10 heteroatoms. The maximum atomic E-state index is 12.4. The van der Waals surface area contributed by atoms with Crippen molar-refractivity contribution in [2.75, 3.05) is 36.4 Å². The molecule has 1 aliphatic rings. The Morgan fingerprint density at radius 1 is 0.892 bits per heavy atom. The number of hydrogen-bond acceptors (Lipinski definition) is 5. The van der Waals surface area contributed by atoms with Crippen LogP contribution in [0.25, 0.3) is 10.8 Å². The highest BCUT2D eigenvalue weighted by atomic mass is 32.2. The monoisotopic (exact) mass is 520 g/mol. The second-order valence-electron chi connectivity index (χ2n) is 8.82. The number of aliphatic carboxylic acids is 1. The summed E-state index contributed by atoms with van der Waals surface area (Å²) in [6.45, 7) is 4.29. The molecule has 3 aromatic carbocycles. The van der Waals surface area contributed by atoms with Crippen LogP contribution in [0.2, 0.25) is 0 Å². The molecule has 1 amide bonds. The molecule has 3 N–H and O–H groups in total. The number of anilines is 2. The number of carboxylic acid groups (broad SMARTS) is 1. The largest absolute Gasteiger partial charge is 0.480 e. The lowest BCUT2D eigenvalue weighted by atomic mass is 10.1. The summed E-state index contributed by atoms with van der Waals surface area (Å²) in [5.41, 5.74) is 3.46. The van der Waals surface area contributed by atoms with Gasteiger partial charge in [-0.2, -0.15) is 17.4 Å². The molecule has 1 aliphatic heterocycles. The number of carbonyl (C=O) groups excluding carboxylic acids is 1. The van der Waals surface area contributed by atoms with E-state index in [1.165, 1.54) is 18.2 Å². The lowest BCUT2D eigenvalue weighted by Crippen LogP contribution is -2.54. The predicted molar refractivity (Wildman–Crippen MR) is 144 cm³/mol. The molecule has 0 aliphatic carbocycles. The minimum Gasteiger partial charge on any atom is -0.480 e. The van der Waals surface area contributed by atoms with Crippen molar-refractivity contribution in [2.45, 2.75) is 19.9 Å². The molecule has 0 spiro atoms. The zero-order valence-electron chi connectivity index (χ0n) is 20.6. The van der Waals surface area contributed by atoms with E-state index in [1.807, 2.05) is 60.7 Å². The Hall–Kier alpha value is -3.91. The normalized spacial score (nSPS) is 15.0. The van der Waals surface area contributed by atoms with Crippen LogP contribution in [-0.2, 0) is 19.8 Å². The van der Waals surface area contributed by atoms with Crippen LogP contribution in [0, 0.1) is 11.8 Å². The van der Waals surface area contributed by atoms with Crippen LogP contribution in [-0.4, -0.2) is 61.9 Å². The summed E-state index contributed by atoms with van der Waals surface area (Å²) in [6, 6.07) is 18.3. The first-order valence-electron chi connectivity index (χ1n) is 11.8. The maximum absolute atomic E-state index is 12.4. The first kappa shape index (κ1) is 26.2. The van der Waals surface area contributed by atoms with Gasteiger partial charge in [0.25, 0.3) is 10.2 Å². The molecule has 4 rings (SSSR count). The Bertz CT molecular complexity index is 1480. The third kappa shape index (κ3) is 6.65. The molecule has 0 radical (unpaired) electrons. The van der Waals surface area contributed by atoms with Gasteiger partial charge in [0.05, 0.1) is 0 Å². The molecule has 0 bridgehead atoms. The molecule has 37 heavy (non-hydrogen) atoms. The summed E-state index contributed by atoms with van der Waals surface area (Å²) < 4.78 is 28.3. The fraction of sp³-hybridized carbons (Fsp3) is 0.259. The Labute approximate surface area is 216 Å². The molecule has 3 aromatic rings. The summed E-state index contributed by atoms with van der Waals surface area (Å²) in [6.07, 6.45) is 0. The summed E-state index contributed by atoms with van der Waals surface area (Å²) in [5, 5.41) is 13.8. The van der Waals surface area contributed by atoms with Crippen LogP contribution >= 0.6 is 0 Å². The van der Waals surface area contributed by atoms with Crippen LogP contribution in [0.4, 0.5) is 11.4 Å². The quantitative estimate of drug-likeness (QED) is 0.430. The summed E-state index contributed by atoms with van der Waals surface area (Å²) in [7, 11) is -3.85. The average Bonchev–Trinajstić information content (AvgIpc) is 2.87. The molecule has 1 atom stereocenters. The van der Waals surface area contributed by atoms with Gasteiger partial charge in [-0.05, 0) is 66.2 Å². The highest BCUT2D eigenvalue weighted by Crippen LogP contribution is 2.21. The number of carbonyl (C=O) groups is 2. The third-order valence-corrected chi connectivity index (χ3v) is 7.72. The summed E-state index contributed by atoms with van der Waals surface area (Å²) >= 11 is 0. The zero-order chi connectivity index (χ0) is 26.6. The van der Waals surface area contributed by atoms with Gasteiger partial charge in [-0.15, -0.1) is 0 Å². The molecule has 0 unspecified atom stereocenters. The van der Waals surface area contributed by atoms with Crippen molar-refractivity contribution in [3.05, 3.63) is 71.8 Å². The lowest BCUT2D eigenvalue weighted by Gasteiger charge is -2.35. The number of nitrogens with zero attached hydrogens (tertiary/aromatic N) is 2. The van der Waals surface area contributed by atoms with Gasteiger partial charge in [-0.3, -0.25) is 9.59 Å². The van der Waals surface area contributed by atoms with Crippen LogP contribution < -0.4 is 14.9 Å². The van der Waals surface area contributed by atoms with E-state index >= 15 is 0 Å². The standard InChI is InChI=1S/C27H28N4O5S/c1-19(27(33)34)29-37(35,36)31-15-13-30(14-16-31)26-11-6-21(7-12-26)3-4-22-5-8-24-18-25(28-20(2)32)10-9-23(24)17-22/h5-12,17-19,29H,13-16H2,1-2H3,(H,28,32)(H,33,34)/t19-/m1/s1. The van der Waals surface area contributed by atoms with Gasteiger partial charge in [-0.25, -0.2) is 0 Å². The van der Waals surface area contributed by atoms with Gasteiger partial charge in [-0.1, -0.05) is 24.0 Å². The molecular weight excluding hydrogens is 492 g/mol. The van der Waals surface area contributed by atoms with E-state index in [0.717, 1.165) is 33.3 Å². The van der Waals surface area contributed by atoms with E-state index in [2.05, 4.69) is 26.8 Å². The van der Waals surface area contributed by atoms with E-state index in [9.17, 15) is 18.0 Å². The van der Waals surface area contributed by atoms with Gasteiger partial charge in [0.1, 0.15) is 6.04 Å². The SMILES string of the molecule is CC(=O)Nc1ccc2cc(C#Cc3ccc(N4CCN(S(=O)(=O)N[C@H](C)C(=O)O)CC4)cc3)ccc2c1. The number of rotatable bonds is 6. The molecular formula is C27H28N4O5S. The van der Waals surface area contributed by atoms with Crippen molar-refractivity contribution < 1.29 is 23.1 Å².